The zero-order valence-electron chi connectivity index (χ0n) is 20.1. The van der Waals surface area contributed by atoms with Gasteiger partial charge in [0.05, 0.1) is 6.33 Å². The highest BCUT2D eigenvalue weighted by Crippen LogP contribution is 2.40. The largest absolute Gasteiger partial charge is 0.387 e. The van der Waals surface area contributed by atoms with Gasteiger partial charge in [0.15, 0.2) is 17.7 Å². The standard InChI is InChI=1S/C24H32N8O4/c1-31(9-5-8-26-24(35)30-16-10-15(16)14-6-3-2-4-7-14)11-17-19(33)20(34)23(36-17)32-13-29-18-21(25)27-12-28-22(18)32/h2-4,6-7,12-13,15-17,19-20,23,33-34H,5,8-11H2,1H3,(H2,25,27,28)(H2,26,30,35)/t15?,16?,17-,19-,20-,23-/m1/s1. The Morgan fingerprint density at radius 1 is 1.22 bits per heavy atom. The molecule has 1 aliphatic carbocycles. The Hall–Kier alpha value is -3.32. The smallest absolute Gasteiger partial charge is 0.315 e. The number of fused-ring (bicyclic) bond motifs is 1. The van der Waals surface area contributed by atoms with Crippen molar-refractivity contribution >= 4 is 23.0 Å². The number of anilines is 1. The Kier molecular flexibility index (Phi) is 7.01. The lowest BCUT2D eigenvalue weighted by Gasteiger charge is -2.22. The van der Waals surface area contributed by atoms with Crippen molar-refractivity contribution in [3.05, 3.63) is 48.5 Å². The number of imidazole rings is 1. The average Bonchev–Trinajstić information content (AvgIpc) is 3.41. The number of hydrogen-bond acceptors (Lipinski definition) is 9. The SMILES string of the molecule is CN(CCCNC(=O)NC1CC1c1ccccc1)C[C@H]1O[C@@H](n2cnc3c(N)ncnc32)[C@H](O)[C@@H]1O. The predicted octanol–water partition coefficient (Wildman–Crippen LogP) is 0.205. The molecule has 2 unspecified atom stereocenters. The number of nitrogens with zero attached hydrogens (tertiary/aromatic N) is 5. The third kappa shape index (κ3) is 5.12. The zero-order valence-corrected chi connectivity index (χ0v) is 20.1. The number of amides is 2. The van der Waals surface area contributed by atoms with Gasteiger partial charge in [0, 0.05) is 25.0 Å². The number of benzene rings is 1. The first-order valence-corrected chi connectivity index (χ1v) is 12.1. The first-order valence-electron chi connectivity index (χ1n) is 12.1. The molecule has 2 aliphatic rings. The van der Waals surface area contributed by atoms with E-state index in [2.05, 4.69) is 37.7 Å². The number of aliphatic hydroxyl groups excluding tert-OH is 2. The number of aromatic nitrogens is 4. The lowest BCUT2D eigenvalue weighted by Crippen LogP contribution is -2.40. The summed E-state index contributed by atoms with van der Waals surface area (Å²) < 4.78 is 7.55. The molecule has 3 aromatic rings. The Morgan fingerprint density at radius 3 is 2.83 bits per heavy atom. The number of aliphatic hydroxyl groups is 2. The molecule has 192 valence electrons. The van der Waals surface area contributed by atoms with Crippen molar-refractivity contribution in [2.45, 2.75) is 49.3 Å². The minimum Gasteiger partial charge on any atom is -0.387 e. The van der Waals surface area contributed by atoms with E-state index in [1.54, 1.807) is 4.57 Å². The van der Waals surface area contributed by atoms with Crippen molar-refractivity contribution in [1.82, 2.24) is 35.1 Å². The summed E-state index contributed by atoms with van der Waals surface area (Å²) >= 11 is 0. The number of nitrogen functional groups attached to an aromatic ring is 1. The van der Waals surface area contributed by atoms with Crippen molar-refractivity contribution < 1.29 is 19.7 Å². The minimum atomic E-state index is -1.15. The van der Waals surface area contributed by atoms with Crippen LogP contribution in [0.15, 0.2) is 43.0 Å². The fraction of sp³-hybridized carbons (Fsp3) is 0.500. The number of carbonyl (C=O) groups is 1. The molecule has 5 rings (SSSR count). The molecule has 36 heavy (non-hydrogen) atoms. The third-order valence-electron chi connectivity index (χ3n) is 6.83. The van der Waals surface area contributed by atoms with Gasteiger partial charge in [-0.15, -0.1) is 0 Å². The van der Waals surface area contributed by atoms with Crippen molar-refractivity contribution in [2.75, 3.05) is 32.4 Å². The van der Waals surface area contributed by atoms with Crippen molar-refractivity contribution in [1.29, 1.82) is 0 Å². The van der Waals surface area contributed by atoms with E-state index in [4.69, 9.17) is 10.5 Å². The molecule has 1 aliphatic heterocycles. The topological polar surface area (TPSA) is 164 Å². The van der Waals surface area contributed by atoms with E-state index in [1.165, 1.54) is 18.2 Å². The lowest BCUT2D eigenvalue weighted by atomic mass is 10.1. The second-order valence-corrected chi connectivity index (χ2v) is 9.50. The number of nitrogens with two attached hydrogens (primary N) is 1. The quantitative estimate of drug-likeness (QED) is 0.260. The lowest BCUT2D eigenvalue weighted by molar-refractivity contribution is -0.0421. The maximum Gasteiger partial charge on any atom is 0.315 e. The highest BCUT2D eigenvalue weighted by atomic mass is 16.6. The van der Waals surface area contributed by atoms with Crippen LogP contribution < -0.4 is 16.4 Å². The third-order valence-corrected chi connectivity index (χ3v) is 6.83. The van der Waals surface area contributed by atoms with E-state index in [0.29, 0.717) is 36.7 Å². The molecule has 2 amide bonds. The highest BCUT2D eigenvalue weighted by Gasteiger charge is 2.44. The summed E-state index contributed by atoms with van der Waals surface area (Å²) in [6.45, 7) is 1.62. The van der Waals surface area contributed by atoms with E-state index in [1.807, 2.05) is 30.1 Å². The molecule has 0 radical (unpaired) electrons. The van der Waals surface area contributed by atoms with Gasteiger partial charge in [-0.05, 0) is 32.0 Å². The molecular formula is C24H32N8O4. The number of likely N-dealkylation sites (N-methyl/N-ethyl adjacent to an activating group) is 1. The molecule has 6 N–H and O–H groups in total. The molecule has 6 atom stereocenters. The van der Waals surface area contributed by atoms with Crippen LogP contribution in [0.4, 0.5) is 10.6 Å². The molecule has 0 spiro atoms. The van der Waals surface area contributed by atoms with Gasteiger partial charge in [-0.3, -0.25) is 4.57 Å². The van der Waals surface area contributed by atoms with Crippen LogP contribution in [0, 0.1) is 0 Å². The van der Waals surface area contributed by atoms with Crippen LogP contribution >= 0.6 is 0 Å². The monoisotopic (exact) mass is 496 g/mol. The van der Waals surface area contributed by atoms with Gasteiger partial charge in [0.1, 0.15) is 30.2 Å². The number of ether oxygens (including phenoxy) is 1. The molecule has 1 aromatic carbocycles. The Balaban J connectivity index is 1.04. The van der Waals surface area contributed by atoms with Gasteiger partial charge in [0.25, 0.3) is 0 Å². The average molecular weight is 497 g/mol. The molecule has 2 fully saturated rings. The summed E-state index contributed by atoms with van der Waals surface area (Å²) in [5.41, 5.74) is 7.94. The Morgan fingerprint density at radius 2 is 2.03 bits per heavy atom. The van der Waals surface area contributed by atoms with Crippen LogP contribution in [0.2, 0.25) is 0 Å². The molecule has 12 nitrogen and oxygen atoms in total. The van der Waals surface area contributed by atoms with Crippen molar-refractivity contribution in [3.8, 4) is 0 Å². The van der Waals surface area contributed by atoms with Gasteiger partial charge in [0.2, 0.25) is 0 Å². The van der Waals surface area contributed by atoms with E-state index < -0.39 is 24.5 Å². The van der Waals surface area contributed by atoms with Crippen LogP contribution in [-0.2, 0) is 4.74 Å². The predicted molar refractivity (Wildman–Crippen MR) is 132 cm³/mol. The first-order chi connectivity index (χ1) is 17.4. The van der Waals surface area contributed by atoms with Gasteiger partial charge in [-0.1, -0.05) is 30.3 Å². The van der Waals surface area contributed by atoms with Gasteiger partial charge in [-0.25, -0.2) is 19.7 Å². The molecule has 1 saturated heterocycles. The first kappa shape index (κ1) is 24.4. The zero-order chi connectivity index (χ0) is 25.2. The second-order valence-electron chi connectivity index (χ2n) is 9.50. The summed E-state index contributed by atoms with van der Waals surface area (Å²) in [4.78, 5) is 26.5. The Labute approximate surface area is 208 Å². The summed E-state index contributed by atoms with van der Waals surface area (Å²) in [6, 6.07) is 10.2. The number of hydrogen-bond donors (Lipinski definition) is 5. The maximum atomic E-state index is 12.2. The van der Waals surface area contributed by atoms with Crippen LogP contribution in [-0.4, -0.2) is 91.7 Å². The van der Waals surface area contributed by atoms with Gasteiger partial charge in [-0.2, -0.15) is 0 Å². The highest BCUT2D eigenvalue weighted by molar-refractivity contribution is 5.81. The van der Waals surface area contributed by atoms with Crippen molar-refractivity contribution in [3.63, 3.8) is 0 Å². The van der Waals surface area contributed by atoms with E-state index in [-0.39, 0.29) is 17.9 Å². The van der Waals surface area contributed by atoms with E-state index in [0.717, 1.165) is 12.8 Å². The molecule has 0 bridgehead atoms. The number of urea groups is 1. The van der Waals surface area contributed by atoms with Crippen molar-refractivity contribution in [2.24, 2.45) is 0 Å². The van der Waals surface area contributed by atoms with Crippen LogP contribution in [0.5, 0.6) is 0 Å². The number of carbonyl (C=O) groups excluding carboxylic acids is 1. The normalized spacial score (nSPS) is 27.4. The molecule has 1 saturated carbocycles. The van der Waals surface area contributed by atoms with E-state index in [9.17, 15) is 15.0 Å². The summed E-state index contributed by atoms with van der Waals surface area (Å²) in [7, 11) is 1.91. The number of rotatable bonds is 9. The minimum absolute atomic E-state index is 0.154. The van der Waals surface area contributed by atoms with E-state index >= 15 is 0 Å². The summed E-state index contributed by atoms with van der Waals surface area (Å²) in [5, 5.41) is 27.1. The van der Waals surface area contributed by atoms with Gasteiger partial charge < -0.3 is 36.2 Å². The molecular weight excluding hydrogens is 464 g/mol. The molecule has 3 heterocycles. The van der Waals surface area contributed by atoms with Crippen LogP contribution in [0.25, 0.3) is 11.2 Å². The van der Waals surface area contributed by atoms with Crippen LogP contribution in [0.1, 0.15) is 30.6 Å². The van der Waals surface area contributed by atoms with Crippen LogP contribution in [0.3, 0.4) is 0 Å². The second kappa shape index (κ2) is 10.3. The Bertz CT molecular complexity index is 1190. The van der Waals surface area contributed by atoms with Gasteiger partial charge >= 0.3 is 6.03 Å². The molecule has 2 aromatic heterocycles. The summed E-state index contributed by atoms with van der Waals surface area (Å²) in [6.07, 6.45) is 0.818. The maximum absolute atomic E-state index is 12.2. The fourth-order valence-corrected chi connectivity index (χ4v) is 4.76. The fourth-order valence-electron chi connectivity index (χ4n) is 4.76. The molecule has 12 heteroatoms. The number of nitrogens with one attached hydrogen (secondary N) is 2. The summed E-state index contributed by atoms with van der Waals surface area (Å²) in [5.74, 6) is 0.628.